The molecule has 27 heavy (non-hydrogen) atoms. The van der Waals surface area contributed by atoms with Gasteiger partial charge in [0.25, 0.3) is 0 Å². The van der Waals surface area contributed by atoms with E-state index < -0.39 is 0 Å². The molecule has 2 heteroatoms. The summed E-state index contributed by atoms with van der Waals surface area (Å²) in [6.45, 7) is 4.51. The number of rotatable bonds is 2. The Kier molecular flexibility index (Phi) is 3.57. The fourth-order valence-corrected chi connectivity index (χ4v) is 4.43. The van der Waals surface area contributed by atoms with Crippen LogP contribution in [-0.2, 0) is 5.41 Å². The van der Waals surface area contributed by atoms with E-state index in [1.165, 1.54) is 22.3 Å². The van der Waals surface area contributed by atoms with Gasteiger partial charge in [-0.05, 0) is 23.3 Å². The van der Waals surface area contributed by atoms with Gasteiger partial charge in [0.2, 0.25) is 0 Å². The Morgan fingerprint density at radius 2 is 1.33 bits per heavy atom. The van der Waals surface area contributed by atoms with E-state index in [1.807, 2.05) is 18.2 Å². The number of benzene rings is 3. The molecule has 0 amide bonds. The minimum atomic E-state index is -0.183. The molecule has 0 saturated heterocycles. The van der Waals surface area contributed by atoms with E-state index >= 15 is 0 Å². The van der Waals surface area contributed by atoms with E-state index in [-0.39, 0.29) is 5.41 Å². The lowest BCUT2D eigenvalue weighted by Gasteiger charge is -2.22. The average molecular weight is 371 g/mol. The third-order valence-electron chi connectivity index (χ3n) is 5.53. The lowest BCUT2D eigenvalue weighted by Crippen LogP contribution is -2.15. The Hall–Kier alpha value is -2.77. The second kappa shape index (κ2) is 5.87. The number of hydrogen-bond acceptors (Lipinski definition) is 1. The SMILES string of the molecule is CC1(C)c2cc(Cl)ccc2-c2c(-c3ccccc3)oc(-c3ccccc3)c21. The topological polar surface area (TPSA) is 13.1 Å². The fourth-order valence-electron chi connectivity index (χ4n) is 4.26. The average Bonchev–Trinajstić information content (AvgIpc) is 3.19. The van der Waals surface area contributed by atoms with Gasteiger partial charge >= 0.3 is 0 Å². The summed E-state index contributed by atoms with van der Waals surface area (Å²) in [5.41, 5.74) is 6.91. The van der Waals surface area contributed by atoms with Crippen molar-refractivity contribution in [3.8, 4) is 33.8 Å². The molecule has 0 saturated carbocycles. The van der Waals surface area contributed by atoms with Gasteiger partial charge in [-0.25, -0.2) is 0 Å². The molecule has 0 N–H and O–H groups in total. The molecule has 0 fully saturated rings. The van der Waals surface area contributed by atoms with E-state index in [2.05, 4.69) is 74.5 Å². The van der Waals surface area contributed by atoms with Crippen molar-refractivity contribution in [1.82, 2.24) is 0 Å². The Morgan fingerprint density at radius 1 is 0.741 bits per heavy atom. The van der Waals surface area contributed by atoms with Gasteiger partial charge in [0, 0.05) is 32.7 Å². The normalized spacial score (nSPS) is 14.0. The maximum atomic E-state index is 6.55. The van der Waals surface area contributed by atoms with Crippen LogP contribution in [0.4, 0.5) is 0 Å². The van der Waals surface area contributed by atoms with Gasteiger partial charge in [-0.3, -0.25) is 0 Å². The van der Waals surface area contributed by atoms with Gasteiger partial charge < -0.3 is 4.42 Å². The van der Waals surface area contributed by atoms with Crippen molar-refractivity contribution < 1.29 is 4.42 Å². The Bertz CT molecular complexity index is 1140. The first-order chi connectivity index (χ1) is 13.1. The predicted molar refractivity (Wildman–Crippen MR) is 112 cm³/mol. The molecule has 5 rings (SSSR count). The predicted octanol–water partition coefficient (Wildman–Crippen LogP) is 7.57. The quantitative estimate of drug-likeness (QED) is 0.354. The largest absolute Gasteiger partial charge is 0.455 e. The minimum Gasteiger partial charge on any atom is -0.455 e. The van der Waals surface area contributed by atoms with Crippen LogP contribution in [0.5, 0.6) is 0 Å². The summed E-state index contributed by atoms with van der Waals surface area (Å²) >= 11 is 6.35. The molecule has 0 aliphatic heterocycles. The summed E-state index contributed by atoms with van der Waals surface area (Å²) < 4.78 is 6.55. The molecule has 132 valence electrons. The molecule has 1 aromatic heterocycles. The van der Waals surface area contributed by atoms with Gasteiger partial charge in [0.05, 0.1) is 0 Å². The number of hydrogen-bond donors (Lipinski definition) is 0. The highest BCUT2D eigenvalue weighted by Crippen LogP contribution is 2.57. The zero-order valence-electron chi connectivity index (χ0n) is 15.3. The molecule has 0 unspecified atom stereocenters. The molecule has 3 aromatic carbocycles. The van der Waals surface area contributed by atoms with Crippen molar-refractivity contribution in [3.63, 3.8) is 0 Å². The highest BCUT2D eigenvalue weighted by Gasteiger charge is 2.42. The Balaban J connectivity index is 1.88. The van der Waals surface area contributed by atoms with Crippen molar-refractivity contribution in [3.05, 3.63) is 95.0 Å². The zero-order valence-corrected chi connectivity index (χ0v) is 16.0. The van der Waals surface area contributed by atoms with Gasteiger partial charge in [0.1, 0.15) is 11.5 Å². The first kappa shape index (κ1) is 16.4. The van der Waals surface area contributed by atoms with Crippen LogP contribution in [0.2, 0.25) is 5.02 Å². The van der Waals surface area contributed by atoms with Crippen LogP contribution in [0.25, 0.3) is 33.8 Å². The number of furan rings is 1. The van der Waals surface area contributed by atoms with Crippen LogP contribution in [0.3, 0.4) is 0 Å². The molecule has 0 spiro atoms. The van der Waals surface area contributed by atoms with Crippen LogP contribution in [-0.4, -0.2) is 0 Å². The highest BCUT2D eigenvalue weighted by atomic mass is 35.5. The second-order valence-electron chi connectivity index (χ2n) is 7.56. The highest BCUT2D eigenvalue weighted by molar-refractivity contribution is 6.30. The van der Waals surface area contributed by atoms with Crippen LogP contribution < -0.4 is 0 Å². The molecule has 0 bridgehead atoms. The van der Waals surface area contributed by atoms with Crippen LogP contribution in [0.1, 0.15) is 25.0 Å². The first-order valence-electron chi connectivity index (χ1n) is 9.16. The van der Waals surface area contributed by atoms with E-state index in [0.717, 1.165) is 27.7 Å². The molecule has 1 aliphatic rings. The molecular formula is C25H19ClO. The van der Waals surface area contributed by atoms with E-state index in [1.54, 1.807) is 0 Å². The molecular weight excluding hydrogens is 352 g/mol. The van der Waals surface area contributed by atoms with Crippen molar-refractivity contribution in [1.29, 1.82) is 0 Å². The van der Waals surface area contributed by atoms with Crippen molar-refractivity contribution in [2.24, 2.45) is 0 Å². The lowest BCUT2D eigenvalue weighted by molar-refractivity contribution is 0.575. The molecule has 1 aliphatic carbocycles. The van der Waals surface area contributed by atoms with Crippen LogP contribution >= 0.6 is 11.6 Å². The van der Waals surface area contributed by atoms with Crippen LogP contribution in [0, 0.1) is 0 Å². The zero-order chi connectivity index (χ0) is 18.6. The van der Waals surface area contributed by atoms with Gasteiger partial charge in [-0.2, -0.15) is 0 Å². The summed E-state index contributed by atoms with van der Waals surface area (Å²) in [5.74, 6) is 1.88. The standard InChI is InChI=1S/C25H19ClO/c1-25(2)20-15-18(26)13-14-19(20)21-22(25)24(17-11-7-4-8-12-17)27-23(21)16-9-5-3-6-10-16/h3-15H,1-2H3. The molecule has 1 nitrogen and oxygen atoms in total. The molecule has 0 radical (unpaired) electrons. The minimum absolute atomic E-state index is 0.183. The van der Waals surface area contributed by atoms with Crippen molar-refractivity contribution in [2.45, 2.75) is 19.3 Å². The third-order valence-corrected chi connectivity index (χ3v) is 5.76. The molecule has 4 aromatic rings. The third kappa shape index (κ3) is 2.39. The maximum Gasteiger partial charge on any atom is 0.142 e. The van der Waals surface area contributed by atoms with Gasteiger partial charge in [0.15, 0.2) is 0 Å². The van der Waals surface area contributed by atoms with E-state index in [9.17, 15) is 0 Å². The monoisotopic (exact) mass is 370 g/mol. The summed E-state index contributed by atoms with van der Waals surface area (Å²) in [6.07, 6.45) is 0. The second-order valence-corrected chi connectivity index (χ2v) is 7.99. The van der Waals surface area contributed by atoms with E-state index in [4.69, 9.17) is 16.0 Å². The van der Waals surface area contributed by atoms with E-state index in [0.29, 0.717) is 0 Å². The Morgan fingerprint density at radius 3 is 1.96 bits per heavy atom. The maximum absolute atomic E-state index is 6.55. The summed E-state index contributed by atoms with van der Waals surface area (Å²) in [4.78, 5) is 0. The number of halogens is 1. The van der Waals surface area contributed by atoms with Crippen molar-refractivity contribution >= 4 is 11.6 Å². The molecule has 0 atom stereocenters. The fraction of sp³-hybridized carbons (Fsp3) is 0.120. The number of fused-ring (bicyclic) bond motifs is 3. The summed E-state index contributed by atoms with van der Waals surface area (Å²) in [6, 6.07) is 26.9. The van der Waals surface area contributed by atoms with Gasteiger partial charge in [-0.15, -0.1) is 0 Å². The Labute approximate surface area is 164 Å². The summed E-state index contributed by atoms with van der Waals surface area (Å²) in [7, 11) is 0. The first-order valence-corrected chi connectivity index (χ1v) is 9.53. The van der Waals surface area contributed by atoms with Crippen molar-refractivity contribution in [2.75, 3.05) is 0 Å². The molecule has 1 heterocycles. The summed E-state index contributed by atoms with van der Waals surface area (Å²) in [5, 5.41) is 0.770. The smallest absolute Gasteiger partial charge is 0.142 e. The lowest BCUT2D eigenvalue weighted by atomic mass is 9.81. The van der Waals surface area contributed by atoms with Crippen LogP contribution in [0.15, 0.2) is 83.3 Å². The van der Waals surface area contributed by atoms with Gasteiger partial charge in [-0.1, -0.05) is 92.2 Å².